The Bertz CT molecular complexity index is 4370. The zero-order chi connectivity index (χ0) is 53.4. The maximum absolute atomic E-state index is 6.65. The van der Waals surface area contributed by atoms with Gasteiger partial charge in [-0.25, -0.2) is 0 Å². The molecule has 2 aromatic heterocycles. The summed E-state index contributed by atoms with van der Waals surface area (Å²) in [6, 6.07) is 84.2. The summed E-state index contributed by atoms with van der Waals surface area (Å²) in [4.78, 5) is 0. The van der Waals surface area contributed by atoms with E-state index in [-0.39, 0.29) is 0 Å². The zero-order valence-electron chi connectivity index (χ0n) is 46.0. The van der Waals surface area contributed by atoms with Crippen molar-refractivity contribution in [3.05, 3.63) is 236 Å². The number of benzene rings is 10. The van der Waals surface area contributed by atoms with E-state index < -0.39 is 18.3 Å². The molecule has 3 heterocycles. The molecule has 4 nitrogen and oxygen atoms in total. The highest BCUT2D eigenvalue weighted by atomic mass is 16.7. The molecule has 1 saturated heterocycles. The highest BCUT2D eigenvalue weighted by Gasteiger charge is 2.52. The SMILES string of the molecule is CC1(C)OB(c2ccc(-c3c(-c4ccc(-n5c6ccccc6c6cc(-c7ccc8c9ccccc9n(-c9ccccc9)c8c7)ccc65)cc4)c(-c4ccccc4)c4c(c3-c3ccccc3)C3CC5CC(C3)CC4C5)cc2)OC1(C)C. The predicted octanol–water partition coefficient (Wildman–Crippen LogP) is 18.9. The van der Waals surface area contributed by atoms with Crippen molar-refractivity contribution < 1.29 is 9.31 Å². The van der Waals surface area contributed by atoms with Crippen LogP contribution in [0.4, 0.5) is 0 Å². The molecular formula is C75H63BN2O2. The van der Waals surface area contributed by atoms with Gasteiger partial charge in [-0.2, -0.15) is 0 Å². The topological polar surface area (TPSA) is 28.3 Å². The Morgan fingerprint density at radius 1 is 0.338 bits per heavy atom. The van der Waals surface area contributed by atoms with Crippen LogP contribution in [0.2, 0.25) is 0 Å². The van der Waals surface area contributed by atoms with Crippen LogP contribution < -0.4 is 5.46 Å². The van der Waals surface area contributed by atoms with Gasteiger partial charge in [0.05, 0.1) is 33.3 Å². The Labute approximate surface area is 469 Å². The Morgan fingerprint density at radius 2 is 0.738 bits per heavy atom. The monoisotopic (exact) mass is 1030 g/mol. The first kappa shape index (κ1) is 47.8. The summed E-state index contributed by atoms with van der Waals surface area (Å²) in [7, 11) is -0.441. The summed E-state index contributed by atoms with van der Waals surface area (Å²) in [5.41, 5.74) is 23.4. The normalized spacial score (nSPS) is 19.8. The molecule has 4 aliphatic carbocycles. The van der Waals surface area contributed by atoms with E-state index in [0.717, 1.165) is 28.7 Å². The molecule has 4 bridgehead atoms. The van der Waals surface area contributed by atoms with Crippen LogP contribution in [0.3, 0.4) is 0 Å². The van der Waals surface area contributed by atoms with Gasteiger partial charge in [-0.15, -0.1) is 0 Å². The number of rotatable bonds is 8. The molecule has 5 heteroatoms. The Kier molecular flexibility index (Phi) is 10.8. The van der Waals surface area contributed by atoms with E-state index in [1.807, 2.05) is 0 Å². The van der Waals surface area contributed by atoms with Crippen LogP contribution in [-0.2, 0) is 9.31 Å². The standard InChI is InChI=1S/C75H63BN2O2/c1-74(2)75(3,4)80-76(79-74)57-34-28-51(29-35-57)70-68(49-18-8-5-9-19-49)72-55-41-47-40-48(42-55)44-56(43-47)73(72)69(50-20-10-6-11-21-50)71(70)52-30-36-59(37-31-52)77-65-27-17-15-25-61(65)63-45-53(33-39-66(63)77)54-32-38-62-60-24-14-16-26-64(60)78(67(62)46-54)58-22-12-7-13-23-58/h5-39,45-48,55-56H,40-44H2,1-4H3. The van der Waals surface area contributed by atoms with Crippen LogP contribution in [0.1, 0.15) is 82.8 Å². The quantitative estimate of drug-likeness (QED) is 0.142. The van der Waals surface area contributed by atoms with Gasteiger partial charge >= 0.3 is 7.12 Å². The summed E-state index contributed by atoms with van der Waals surface area (Å²) in [6.07, 6.45) is 6.48. The van der Waals surface area contributed by atoms with Gasteiger partial charge < -0.3 is 18.4 Å². The second-order valence-corrected chi connectivity index (χ2v) is 24.6. The van der Waals surface area contributed by atoms with Gasteiger partial charge in [0.1, 0.15) is 0 Å². The third-order valence-electron chi connectivity index (χ3n) is 19.5. The van der Waals surface area contributed by atoms with Crippen LogP contribution in [0.5, 0.6) is 0 Å². The minimum Gasteiger partial charge on any atom is -0.399 e. The maximum Gasteiger partial charge on any atom is 0.494 e. The second-order valence-electron chi connectivity index (χ2n) is 24.6. The molecule has 5 aliphatic rings. The smallest absolute Gasteiger partial charge is 0.399 e. The molecule has 0 radical (unpaired) electrons. The summed E-state index contributed by atoms with van der Waals surface area (Å²) < 4.78 is 18.2. The first-order chi connectivity index (χ1) is 39.1. The van der Waals surface area contributed by atoms with Gasteiger partial charge in [0.25, 0.3) is 0 Å². The minimum absolute atomic E-state index is 0.430. The van der Waals surface area contributed by atoms with Gasteiger partial charge in [0.15, 0.2) is 0 Å². The number of hydrogen-bond acceptors (Lipinski definition) is 2. The molecule has 0 amide bonds. The first-order valence-corrected chi connectivity index (χ1v) is 29.2. The molecule has 3 fully saturated rings. The first-order valence-electron chi connectivity index (χ1n) is 29.2. The molecule has 2 atom stereocenters. The lowest BCUT2D eigenvalue weighted by Gasteiger charge is -2.38. The van der Waals surface area contributed by atoms with E-state index in [2.05, 4.69) is 261 Å². The van der Waals surface area contributed by atoms with Gasteiger partial charge in [0, 0.05) is 32.9 Å². The third-order valence-corrected chi connectivity index (χ3v) is 19.5. The van der Waals surface area contributed by atoms with E-state index in [9.17, 15) is 0 Å². The molecule has 10 aromatic carbocycles. The number of fused-ring (bicyclic) bond motifs is 6. The second kappa shape index (κ2) is 18.2. The van der Waals surface area contributed by atoms with Gasteiger partial charge in [0.2, 0.25) is 0 Å². The maximum atomic E-state index is 6.65. The summed E-state index contributed by atoms with van der Waals surface area (Å²) in [5, 5.41) is 5.01. The molecule has 1 aliphatic heterocycles. The average molecular weight is 1040 g/mol. The third kappa shape index (κ3) is 7.43. The fraction of sp³-hybridized carbons (Fsp3) is 0.200. The lowest BCUT2D eigenvalue weighted by atomic mass is 9.66. The number of hydrogen-bond donors (Lipinski definition) is 0. The summed E-state index contributed by atoms with van der Waals surface area (Å²) in [5.74, 6) is 2.55. The van der Waals surface area contributed by atoms with E-state index in [1.54, 1.807) is 11.1 Å². The van der Waals surface area contributed by atoms with E-state index in [0.29, 0.717) is 11.8 Å². The van der Waals surface area contributed by atoms with Crippen LogP contribution in [0.25, 0.3) is 111 Å². The molecule has 17 rings (SSSR count). The predicted molar refractivity (Wildman–Crippen MR) is 334 cm³/mol. The van der Waals surface area contributed by atoms with Gasteiger partial charge in [-0.1, -0.05) is 170 Å². The van der Waals surface area contributed by atoms with Crippen molar-refractivity contribution in [1.82, 2.24) is 9.13 Å². The van der Waals surface area contributed by atoms with Crippen molar-refractivity contribution >= 4 is 56.2 Å². The Balaban J connectivity index is 0.888. The highest BCUT2D eigenvalue weighted by molar-refractivity contribution is 6.62. The largest absolute Gasteiger partial charge is 0.494 e. The number of aromatic nitrogens is 2. The van der Waals surface area contributed by atoms with Crippen molar-refractivity contribution in [1.29, 1.82) is 0 Å². The molecule has 80 heavy (non-hydrogen) atoms. The van der Waals surface area contributed by atoms with E-state index in [4.69, 9.17) is 9.31 Å². The van der Waals surface area contributed by atoms with E-state index in [1.165, 1.54) is 131 Å². The summed E-state index contributed by atoms with van der Waals surface area (Å²) in [6.45, 7) is 8.55. The van der Waals surface area contributed by atoms with Gasteiger partial charge in [-0.05, 0) is 210 Å². The van der Waals surface area contributed by atoms with Crippen molar-refractivity contribution in [3.8, 4) is 67.0 Å². The molecule has 2 saturated carbocycles. The van der Waals surface area contributed by atoms with Gasteiger partial charge in [-0.3, -0.25) is 0 Å². The van der Waals surface area contributed by atoms with Crippen LogP contribution >= 0.6 is 0 Å². The van der Waals surface area contributed by atoms with Crippen molar-refractivity contribution in [2.45, 2.75) is 82.8 Å². The molecule has 12 aromatic rings. The number of para-hydroxylation sites is 3. The Morgan fingerprint density at radius 3 is 1.30 bits per heavy atom. The fourth-order valence-corrected chi connectivity index (χ4v) is 15.3. The van der Waals surface area contributed by atoms with E-state index >= 15 is 0 Å². The Hall–Kier alpha value is -8.22. The lowest BCUT2D eigenvalue weighted by molar-refractivity contribution is 0.00578. The van der Waals surface area contributed by atoms with Crippen molar-refractivity contribution in [3.63, 3.8) is 0 Å². The molecular weight excluding hydrogens is 972 g/mol. The molecule has 0 spiro atoms. The van der Waals surface area contributed by atoms with Crippen LogP contribution in [0.15, 0.2) is 224 Å². The molecule has 0 N–H and O–H groups in total. The lowest BCUT2D eigenvalue weighted by Crippen LogP contribution is -2.41. The highest BCUT2D eigenvalue weighted by Crippen LogP contribution is 2.63. The molecule has 388 valence electrons. The minimum atomic E-state index is -0.441. The summed E-state index contributed by atoms with van der Waals surface area (Å²) >= 11 is 0. The molecule has 2 unspecified atom stereocenters. The van der Waals surface area contributed by atoms with Crippen molar-refractivity contribution in [2.24, 2.45) is 11.8 Å². The van der Waals surface area contributed by atoms with Crippen LogP contribution in [-0.4, -0.2) is 27.5 Å². The number of nitrogens with zero attached hydrogens (tertiary/aromatic N) is 2. The fourth-order valence-electron chi connectivity index (χ4n) is 15.3. The van der Waals surface area contributed by atoms with Crippen LogP contribution in [0, 0.1) is 11.8 Å². The average Bonchev–Trinajstić information content (AvgIpc) is 4.12. The zero-order valence-corrected chi connectivity index (χ0v) is 46.0. The van der Waals surface area contributed by atoms with Crippen molar-refractivity contribution in [2.75, 3.05) is 0 Å².